The predicted molar refractivity (Wildman–Crippen MR) is 108 cm³/mol. The minimum Gasteiger partial charge on any atom is -0.497 e. The Balaban J connectivity index is 0.00000364. The lowest BCUT2D eigenvalue weighted by Crippen LogP contribution is -2.29. The number of amides is 1. The first-order valence-electron chi connectivity index (χ1n) is 8.17. The van der Waals surface area contributed by atoms with E-state index in [4.69, 9.17) is 10.5 Å². The summed E-state index contributed by atoms with van der Waals surface area (Å²) in [6, 6.07) is 13.6. The lowest BCUT2D eigenvalue weighted by molar-refractivity contribution is -0.116. The number of benzene rings is 2. The van der Waals surface area contributed by atoms with Gasteiger partial charge in [0, 0.05) is 25.2 Å². The second-order valence-electron chi connectivity index (χ2n) is 5.61. The number of hydrogen-bond donors (Lipinski definition) is 3. The molecule has 7 nitrogen and oxygen atoms in total. The highest BCUT2D eigenvalue weighted by Gasteiger charge is 2.14. The molecule has 0 heterocycles. The fourth-order valence-corrected chi connectivity index (χ4v) is 3.42. The van der Waals surface area contributed by atoms with Crippen LogP contribution in [0.25, 0.3) is 0 Å². The molecule has 148 valence electrons. The summed E-state index contributed by atoms with van der Waals surface area (Å²) >= 11 is 0. The van der Waals surface area contributed by atoms with Gasteiger partial charge in [-0.2, -0.15) is 0 Å². The molecular formula is C18H24ClN3O4S. The first-order chi connectivity index (χ1) is 12.4. The highest BCUT2D eigenvalue weighted by Crippen LogP contribution is 2.17. The van der Waals surface area contributed by atoms with Crippen LogP contribution in [0.2, 0.25) is 0 Å². The van der Waals surface area contributed by atoms with Crippen molar-refractivity contribution in [1.29, 1.82) is 0 Å². The summed E-state index contributed by atoms with van der Waals surface area (Å²) < 4.78 is 31.8. The predicted octanol–water partition coefficient (Wildman–Crippen LogP) is 1.93. The third-order valence-electron chi connectivity index (χ3n) is 3.64. The maximum Gasteiger partial charge on any atom is 0.240 e. The topological polar surface area (TPSA) is 111 Å². The highest BCUT2D eigenvalue weighted by molar-refractivity contribution is 7.89. The van der Waals surface area contributed by atoms with E-state index in [2.05, 4.69) is 10.0 Å². The molecule has 27 heavy (non-hydrogen) atoms. The van der Waals surface area contributed by atoms with Crippen molar-refractivity contribution in [3.63, 3.8) is 0 Å². The zero-order valence-corrected chi connectivity index (χ0v) is 16.6. The Kier molecular flexibility index (Phi) is 9.23. The van der Waals surface area contributed by atoms with Crippen molar-refractivity contribution < 1.29 is 17.9 Å². The van der Waals surface area contributed by atoms with Gasteiger partial charge >= 0.3 is 0 Å². The standard InChI is InChI=1S/C18H23N3O4S.ClH/c1-25-16-6-2-4-14(12-16)8-9-18(22)21-15-5-3-7-17(13-15)26(23,24)20-11-10-19;/h2-7,12-13,20H,8-11,19H2,1H3,(H,21,22);1H. The Hall–Kier alpha value is -2.13. The quantitative estimate of drug-likeness (QED) is 0.581. The van der Waals surface area contributed by atoms with Gasteiger partial charge in [0.15, 0.2) is 0 Å². The number of ether oxygens (including phenoxy) is 1. The normalized spacial score (nSPS) is 10.7. The Morgan fingerprint density at radius 2 is 1.89 bits per heavy atom. The molecule has 0 bridgehead atoms. The molecule has 0 saturated heterocycles. The molecule has 0 fully saturated rings. The smallest absolute Gasteiger partial charge is 0.240 e. The SMILES string of the molecule is COc1cccc(CCC(=O)Nc2cccc(S(=O)(=O)NCCN)c2)c1.Cl. The lowest BCUT2D eigenvalue weighted by atomic mass is 10.1. The summed E-state index contributed by atoms with van der Waals surface area (Å²) in [5.74, 6) is 0.545. The first kappa shape index (κ1) is 22.9. The maximum absolute atomic E-state index is 12.1. The van der Waals surface area contributed by atoms with Gasteiger partial charge in [-0.1, -0.05) is 18.2 Å². The van der Waals surface area contributed by atoms with Gasteiger partial charge in [0.25, 0.3) is 0 Å². The van der Waals surface area contributed by atoms with Gasteiger partial charge in [-0.3, -0.25) is 4.79 Å². The molecular weight excluding hydrogens is 390 g/mol. The van der Waals surface area contributed by atoms with E-state index in [-0.39, 0.29) is 42.7 Å². The van der Waals surface area contributed by atoms with Crippen LogP contribution in [-0.4, -0.2) is 34.5 Å². The maximum atomic E-state index is 12.1. The Morgan fingerprint density at radius 3 is 2.59 bits per heavy atom. The average Bonchev–Trinajstić information content (AvgIpc) is 2.65. The number of halogens is 1. The van der Waals surface area contributed by atoms with Crippen molar-refractivity contribution in [3.05, 3.63) is 54.1 Å². The van der Waals surface area contributed by atoms with Gasteiger partial charge in [-0.05, 0) is 42.3 Å². The summed E-state index contributed by atoms with van der Waals surface area (Å²) in [5, 5.41) is 2.72. The number of nitrogens with two attached hydrogens (primary N) is 1. The molecule has 0 atom stereocenters. The van der Waals surface area contributed by atoms with Gasteiger partial charge in [-0.25, -0.2) is 13.1 Å². The summed E-state index contributed by atoms with van der Waals surface area (Å²) in [6.07, 6.45) is 0.828. The number of aryl methyl sites for hydroxylation is 1. The Morgan fingerprint density at radius 1 is 1.15 bits per heavy atom. The first-order valence-corrected chi connectivity index (χ1v) is 9.65. The Bertz CT molecular complexity index is 859. The second-order valence-corrected chi connectivity index (χ2v) is 7.38. The number of rotatable bonds is 9. The van der Waals surface area contributed by atoms with Crippen LogP contribution >= 0.6 is 12.4 Å². The number of anilines is 1. The van der Waals surface area contributed by atoms with Crippen LogP contribution in [-0.2, 0) is 21.2 Å². The van der Waals surface area contributed by atoms with Crippen molar-refractivity contribution in [2.75, 3.05) is 25.5 Å². The van der Waals surface area contributed by atoms with Crippen LogP contribution in [0.3, 0.4) is 0 Å². The summed E-state index contributed by atoms with van der Waals surface area (Å²) in [4.78, 5) is 12.2. The number of carbonyl (C=O) groups excluding carboxylic acids is 1. The fraction of sp³-hybridized carbons (Fsp3) is 0.278. The number of sulfonamides is 1. The van der Waals surface area contributed by atoms with Gasteiger partial charge in [0.1, 0.15) is 5.75 Å². The van der Waals surface area contributed by atoms with Crippen LogP contribution in [0, 0.1) is 0 Å². The molecule has 9 heteroatoms. The minimum absolute atomic E-state index is 0. The van der Waals surface area contributed by atoms with E-state index in [1.807, 2.05) is 24.3 Å². The molecule has 0 aliphatic carbocycles. The number of carbonyl (C=O) groups is 1. The molecule has 1 amide bonds. The monoisotopic (exact) mass is 413 g/mol. The second kappa shape index (κ2) is 10.9. The minimum atomic E-state index is -3.64. The van der Waals surface area contributed by atoms with E-state index in [0.717, 1.165) is 11.3 Å². The third-order valence-corrected chi connectivity index (χ3v) is 5.10. The molecule has 0 saturated carbocycles. The van der Waals surface area contributed by atoms with Gasteiger partial charge in [0.2, 0.25) is 15.9 Å². The van der Waals surface area contributed by atoms with Gasteiger partial charge < -0.3 is 15.8 Å². The summed E-state index contributed by atoms with van der Waals surface area (Å²) in [6.45, 7) is 0.361. The van der Waals surface area contributed by atoms with E-state index >= 15 is 0 Å². The number of nitrogens with one attached hydrogen (secondary N) is 2. The zero-order chi connectivity index (χ0) is 19.0. The van der Waals surface area contributed by atoms with E-state index in [9.17, 15) is 13.2 Å². The lowest BCUT2D eigenvalue weighted by Gasteiger charge is -2.09. The average molecular weight is 414 g/mol. The fourth-order valence-electron chi connectivity index (χ4n) is 2.33. The van der Waals surface area contributed by atoms with Crippen molar-refractivity contribution in [1.82, 2.24) is 4.72 Å². The zero-order valence-electron chi connectivity index (χ0n) is 15.0. The molecule has 0 aliphatic heterocycles. The number of methoxy groups -OCH3 is 1. The molecule has 0 spiro atoms. The molecule has 0 radical (unpaired) electrons. The largest absolute Gasteiger partial charge is 0.497 e. The van der Waals surface area contributed by atoms with Crippen LogP contribution < -0.4 is 20.5 Å². The number of hydrogen-bond acceptors (Lipinski definition) is 5. The van der Waals surface area contributed by atoms with Crippen LogP contribution in [0.15, 0.2) is 53.4 Å². The molecule has 4 N–H and O–H groups in total. The van der Waals surface area contributed by atoms with Crippen LogP contribution in [0.1, 0.15) is 12.0 Å². The van der Waals surface area contributed by atoms with E-state index in [1.54, 1.807) is 19.2 Å². The molecule has 0 aliphatic rings. The highest BCUT2D eigenvalue weighted by atomic mass is 35.5. The summed E-state index contributed by atoms with van der Waals surface area (Å²) in [7, 11) is -2.05. The molecule has 0 aromatic heterocycles. The van der Waals surface area contributed by atoms with Crippen molar-refractivity contribution in [2.45, 2.75) is 17.7 Å². The van der Waals surface area contributed by atoms with Crippen molar-refractivity contribution >= 4 is 34.0 Å². The van der Waals surface area contributed by atoms with Crippen LogP contribution in [0.5, 0.6) is 5.75 Å². The Labute approximate surface area is 165 Å². The van der Waals surface area contributed by atoms with E-state index in [1.165, 1.54) is 12.1 Å². The van der Waals surface area contributed by atoms with E-state index in [0.29, 0.717) is 12.1 Å². The molecule has 2 aromatic rings. The molecule has 0 unspecified atom stereocenters. The van der Waals surface area contributed by atoms with Crippen molar-refractivity contribution in [2.24, 2.45) is 5.73 Å². The van der Waals surface area contributed by atoms with Crippen LogP contribution in [0.4, 0.5) is 5.69 Å². The van der Waals surface area contributed by atoms with Crippen molar-refractivity contribution in [3.8, 4) is 5.75 Å². The molecule has 2 aromatic carbocycles. The van der Waals surface area contributed by atoms with Gasteiger partial charge in [-0.15, -0.1) is 12.4 Å². The third kappa shape index (κ3) is 7.18. The van der Waals surface area contributed by atoms with E-state index < -0.39 is 10.0 Å². The van der Waals surface area contributed by atoms with Gasteiger partial charge in [0.05, 0.1) is 12.0 Å². The molecule has 2 rings (SSSR count). The summed E-state index contributed by atoms with van der Waals surface area (Å²) in [5.41, 5.74) is 6.73.